The Labute approximate surface area is 256 Å². The molecule has 4 aromatic rings. The van der Waals surface area contributed by atoms with Crippen LogP contribution in [0.1, 0.15) is 68.0 Å². The fourth-order valence-corrected chi connectivity index (χ4v) is 5.26. The van der Waals surface area contributed by atoms with Crippen molar-refractivity contribution in [3.63, 3.8) is 0 Å². The summed E-state index contributed by atoms with van der Waals surface area (Å²) in [5.41, 5.74) is 4.50. The summed E-state index contributed by atoms with van der Waals surface area (Å²) in [5.74, 6) is -0.0638. The number of methoxy groups -OCH3 is 1. The van der Waals surface area contributed by atoms with E-state index in [0.717, 1.165) is 27.5 Å². The molecule has 4 N–H and O–H groups in total. The lowest BCUT2D eigenvalue weighted by molar-refractivity contribution is 0.0829. The number of ether oxygens (including phenoxy) is 1. The molecule has 43 heavy (non-hydrogen) atoms. The number of carbonyl (C=O) groups is 2. The minimum absolute atomic E-state index is 0.255. The van der Waals surface area contributed by atoms with Crippen LogP contribution in [-0.4, -0.2) is 52.7 Å². The van der Waals surface area contributed by atoms with E-state index < -0.39 is 18.1 Å². The monoisotopic (exact) mass is 601 g/mol. The smallest absolute Gasteiger partial charge is 0.251 e. The third-order valence-electron chi connectivity index (χ3n) is 6.93. The average molecular weight is 602 g/mol. The van der Waals surface area contributed by atoms with E-state index in [1.54, 1.807) is 18.3 Å². The summed E-state index contributed by atoms with van der Waals surface area (Å²) >= 11 is 1.47. The summed E-state index contributed by atoms with van der Waals surface area (Å²) < 4.78 is 5.39. The second kappa shape index (κ2) is 15.4. The maximum Gasteiger partial charge on any atom is 0.251 e. The molecule has 9 nitrogen and oxygen atoms in total. The zero-order valence-corrected chi connectivity index (χ0v) is 25.8. The molecule has 0 unspecified atom stereocenters. The lowest BCUT2D eigenvalue weighted by Crippen LogP contribution is -2.48. The number of benzene rings is 2. The number of aliphatic hydroxyl groups excluding tert-OH is 1. The van der Waals surface area contributed by atoms with Gasteiger partial charge in [-0.25, -0.2) is 4.98 Å². The average Bonchev–Trinajstić information content (AvgIpc) is 3.44. The molecule has 0 fully saturated rings. The SMILES string of the molecule is COc1cc(C(=O)NCc2nc(C)cs2)cc(C(=O)N[C@@H](Cc2ccccc2)[C@H](O)CNCc2ccnc(C(C)C)c2)c1. The Kier molecular flexibility index (Phi) is 11.4. The molecule has 0 spiro atoms. The number of carbonyl (C=O) groups excluding carboxylic acids is 2. The van der Waals surface area contributed by atoms with Crippen LogP contribution in [0.25, 0.3) is 0 Å². The molecule has 0 bridgehead atoms. The van der Waals surface area contributed by atoms with Gasteiger partial charge in [-0.1, -0.05) is 44.2 Å². The van der Waals surface area contributed by atoms with Crippen molar-refractivity contribution in [2.45, 2.75) is 58.3 Å². The van der Waals surface area contributed by atoms with Gasteiger partial charge in [0.25, 0.3) is 11.8 Å². The van der Waals surface area contributed by atoms with E-state index in [2.05, 4.69) is 45.8 Å². The fourth-order valence-electron chi connectivity index (χ4n) is 4.55. The summed E-state index contributed by atoms with van der Waals surface area (Å²) in [6.45, 7) is 7.20. The molecule has 2 atom stereocenters. The summed E-state index contributed by atoms with van der Waals surface area (Å²) in [6, 6.07) is 17.8. The molecule has 2 heterocycles. The van der Waals surface area contributed by atoms with Gasteiger partial charge in [-0.05, 0) is 60.7 Å². The first kappa shape index (κ1) is 31.8. The van der Waals surface area contributed by atoms with Crippen LogP contribution in [0.5, 0.6) is 5.75 Å². The molecule has 2 amide bonds. The maximum absolute atomic E-state index is 13.5. The van der Waals surface area contributed by atoms with Crippen molar-refractivity contribution in [3.05, 3.63) is 111 Å². The van der Waals surface area contributed by atoms with E-state index >= 15 is 0 Å². The number of rotatable bonds is 14. The molecular formula is C33H39N5O4S. The summed E-state index contributed by atoms with van der Waals surface area (Å²) in [6.07, 6.45) is 1.34. The Bertz CT molecular complexity index is 1510. The van der Waals surface area contributed by atoms with Crippen molar-refractivity contribution in [1.29, 1.82) is 0 Å². The number of hydrogen-bond acceptors (Lipinski definition) is 8. The molecule has 0 saturated carbocycles. The predicted molar refractivity (Wildman–Crippen MR) is 168 cm³/mol. The molecule has 0 aliphatic rings. The van der Waals surface area contributed by atoms with Crippen molar-refractivity contribution in [2.75, 3.05) is 13.7 Å². The standard InChI is InChI=1S/C33H39N5O4S/c1-21(2)28-13-24(10-11-35-28)17-34-18-30(39)29(12-23-8-6-5-7-9-23)38-33(41)26-14-25(15-27(16-26)42-4)32(40)36-19-31-37-22(3)20-43-31/h5-11,13-16,20-21,29-30,34,39H,12,17-19H2,1-4H3,(H,36,40)(H,38,41)/t29-,30+/m0/s1. The first-order chi connectivity index (χ1) is 20.7. The van der Waals surface area contributed by atoms with Gasteiger partial charge in [0, 0.05) is 47.2 Å². The van der Waals surface area contributed by atoms with Gasteiger partial charge in [0.1, 0.15) is 10.8 Å². The minimum Gasteiger partial charge on any atom is -0.497 e. The molecule has 0 aliphatic heterocycles. The molecular weight excluding hydrogens is 562 g/mol. The topological polar surface area (TPSA) is 125 Å². The molecule has 0 saturated heterocycles. The number of aryl methyl sites for hydroxylation is 1. The fraction of sp³-hybridized carbons (Fsp3) is 0.333. The zero-order valence-electron chi connectivity index (χ0n) is 25.0. The van der Waals surface area contributed by atoms with Crippen molar-refractivity contribution in [1.82, 2.24) is 25.9 Å². The molecule has 2 aromatic carbocycles. The molecule has 0 radical (unpaired) electrons. The van der Waals surface area contributed by atoms with Gasteiger partial charge < -0.3 is 25.8 Å². The van der Waals surface area contributed by atoms with E-state index in [0.29, 0.717) is 24.6 Å². The Morgan fingerprint density at radius 3 is 2.40 bits per heavy atom. The highest BCUT2D eigenvalue weighted by molar-refractivity contribution is 7.09. The third-order valence-corrected chi connectivity index (χ3v) is 7.90. The van der Waals surface area contributed by atoms with Crippen LogP contribution in [0.2, 0.25) is 0 Å². The molecule has 0 aliphatic carbocycles. The summed E-state index contributed by atoms with van der Waals surface area (Å²) in [4.78, 5) is 35.3. The second-order valence-corrected chi connectivity index (χ2v) is 11.7. The Balaban J connectivity index is 1.46. The lowest BCUT2D eigenvalue weighted by atomic mass is 10.00. The van der Waals surface area contributed by atoms with Crippen LogP contribution >= 0.6 is 11.3 Å². The van der Waals surface area contributed by atoms with Gasteiger partial charge in [0.15, 0.2) is 0 Å². The van der Waals surface area contributed by atoms with Gasteiger partial charge in [-0.3, -0.25) is 14.6 Å². The highest BCUT2D eigenvalue weighted by Crippen LogP contribution is 2.19. The highest BCUT2D eigenvalue weighted by Gasteiger charge is 2.23. The van der Waals surface area contributed by atoms with E-state index in [1.807, 2.05) is 48.7 Å². The Hall–Kier alpha value is -4.12. The van der Waals surface area contributed by atoms with E-state index in [9.17, 15) is 14.7 Å². The number of aromatic nitrogens is 2. The van der Waals surface area contributed by atoms with Crippen molar-refractivity contribution in [2.24, 2.45) is 0 Å². The van der Waals surface area contributed by atoms with Crippen molar-refractivity contribution < 1.29 is 19.4 Å². The largest absolute Gasteiger partial charge is 0.497 e. The first-order valence-electron chi connectivity index (χ1n) is 14.3. The molecule has 4 rings (SSSR count). The lowest BCUT2D eigenvalue weighted by Gasteiger charge is -2.25. The van der Waals surface area contributed by atoms with Crippen LogP contribution in [0.4, 0.5) is 0 Å². The van der Waals surface area contributed by atoms with Crippen LogP contribution in [0, 0.1) is 6.92 Å². The zero-order chi connectivity index (χ0) is 30.8. The van der Waals surface area contributed by atoms with Crippen LogP contribution in [0.15, 0.2) is 72.2 Å². The van der Waals surface area contributed by atoms with E-state index in [4.69, 9.17) is 4.74 Å². The number of hydrogen-bond donors (Lipinski definition) is 4. The summed E-state index contributed by atoms with van der Waals surface area (Å²) in [5, 5.41) is 23.1. The minimum atomic E-state index is -0.884. The molecule has 2 aromatic heterocycles. The number of aliphatic hydroxyl groups is 1. The highest BCUT2D eigenvalue weighted by atomic mass is 32.1. The van der Waals surface area contributed by atoms with Gasteiger partial charge in [-0.15, -0.1) is 11.3 Å². The van der Waals surface area contributed by atoms with Crippen LogP contribution in [-0.2, 0) is 19.5 Å². The Morgan fingerprint density at radius 2 is 1.72 bits per heavy atom. The first-order valence-corrected chi connectivity index (χ1v) is 15.2. The predicted octanol–water partition coefficient (Wildman–Crippen LogP) is 4.40. The summed E-state index contributed by atoms with van der Waals surface area (Å²) in [7, 11) is 1.48. The van der Waals surface area contributed by atoms with Gasteiger partial charge in [0.05, 0.1) is 25.8 Å². The van der Waals surface area contributed by atoms with Gasteiger partial charge in [0.2, 0.25) is 0 Å². The van der Waals surface area contributed by atoms with Crippen molar-refractivity contribution in [3.8, 4) is 5.75 Å². The number of nitrogens with zero attached hydrogens (tertiary/aromatic N) is 2. The van der Waals surface area contributed by atoms with Crippen molar-refractivity contribution >= 4 is 23.2 Å². The molecule has 226 valence electrons. The van der Waals surface area contributed by atoms with Crippen LogP contribution < -0.4 is 20.7 Å². The quantitative estimate of drug-likeness (QED) is 0.169. The van der Waals surface area contributed by atoms with E-state index in [1.165, 1.54) is 24.5 Å². The number of thiazole rings is 1. The van der Waals surface area contributed by atoms with Gasteiger partial charge in [-0.2, -0.15) is 0 Å². The third kappa shape index (κ3) is 9.44. The van der Waals surface area contributed by atoms with E-state index in [-0.39, 0.29) is 30.1 Å². The second-order valence-electron chi connectivity index (χ2n) is 10.7. The number of nitrogens with one attached hydrogen (secondary N) is 3. The maximum atomic E-state index is 13.5. The number of amides is 2. The molecule has 10 heteroatoms. The Morgan fingerprint density at radius 1 is 0.977 bits per heavy atom. The number of pyridine rings is 1. The van der Waals surface area contributed by atoms with Gasteiger partial charge >= 0.3 is 0 Å². The normalized spacial score (nSPS) is 12.5. The van der Waals surface area contributed by atoms with Crippen LogP contribution in [0.3, 0.4) is 0 Å².